The molecule has 4 fully saturated rings. The lowest BCUT2D eigenvalue weighted by Gasteiger charge is -2.62. The molecule has 0 amide bonds. The fourth-order valence-corrected chi connectivity index (χ4v) is 9.83. The Morgan fingerprint density at radius 3 is 2.32 bits per heavy atom. The van der Waals surface area contributed by atoms with Gasteiger partial charge in [0, 0.05) is 13.2 Å². The number of hydrogen-bond acceptors (Lipinski definition) is 2. The average Bonchev–Trinajstić information content (AvgIpc) is 3.03. The van der Waals surface area contributed by atoms with E-state index >= 15 is 0 Å². The van der Waals surface area contributed by atoms with E-state index in [2.05, 4.69) is 60.7 Å². The van der Waals surface area contributed by atoms with Crippen molar-refractivity contribution in [3.8, 4) is 0 Å². The lowest BCUT2D eigenvalue weighted by Crippen LogP contribution is -2.59. The molecule has 0 aromatic heterocycles. The van der Waals surface area contributed by atoms with Crippen LogP contribution in [0.1, 0.15) is 92.9 Å². The summed E-state index contributed by atoms with van der Waals surface area (Å²) in [5, 5.41) is 0.293. The Bertz CT molecular complexity index is 706. The predicted octanol–water partition coefficient (Wildman–Crippen LogP) is 7.99. The van der Waals surface area contributed by atoms with Gasteiger partial charge in [0.2, 0.25) is 0 Å². The summed E-state index contributed by atoms with van der Waals surface area (Å²) in [5.41, 5.74) is 2.65. The van der Waals surface area contributed by atoms with E-state index in [1.807, 2.05) is 7.11 Å². The Hall–Kier alpha value is -0.123. The number of rotatable bonds is 3. The second-order valence-corrected chi connectivity index (χ2v) is 18.3. The molecule has 4 aliphatic carbocycles. The van der Waals surface area contributed by atoms with Gasteiger partial charge in [-0.2, -0.15) is 0 Å². The van der Waals surface area contributed by atoms with Crippen LogP contribution in [0.4, 0.5) is 0 Å². The van der Waals surface area contributed by atoms with Gasteiger partial charge in [-0.05, 0) is 111 Å². The minimum atomic E-state index is -1.71. The molecule has 4 aliphatic rings. The number of allylic oxidation sites excluding steroid dienone is 2. The van der Waals surface area contributed by atoms with E-state index < -0.39 is 8.32 Å². The highest BCUT2D eigenvalue weighted by molar-refractivity contribution is 6.74. The summed E-state index contributed by atoms with van der Waals surface area (Å²) < 4.78 is 13.3. The molecule has 0 aromatic rings. The topological polar surface area (TPSA) is 18.5 Å². The monoisotopic (exact) mass is 446 g/mol. The number of hydrogen-bond donors (Lipinski definition) is 0. The molecule has 178 valence electrons. The highest BCUT2D eigenvalue weighted by Crippen LogP contribution is 2.67. The third kappa shape index (κ3) is 3.73. The molecular weight excluding hydrogens is 396 g/mol. The van der Waals surface area contributed by atoms with Crippen LogP contribution in [0.25, 0.3) is 0 Å². The van der Waals surface area contributed by atoms with Crippen molar-refractivity contribution in [2.24, 2.45) is 34.5 Å². The number of methoxy groups -OCH3 is 1. The highest BCUT2D eigenvalue weighted by atomic mass is 28.4. The van der Waals surface area contributed by atoms with Gasteiger partial charge < -0.3 is 9.16 Å². The van der Waals surface area contributed by atoms with Crippen LogP contribution in [-0.2, 0) is 9.16 Å². The van der Waals surface area contributed by atoms with Crippen molar-refractivity contribution in [1.82, 2.24) is 0 Å². The minimum Gasteiger partial charge on any atom is -0.414 e. The van der Waals surface area contributed by atoms with Crippen molar-refractivity contribution in [2.45, 2.75) is 123 Å². The van der Waals surface area contributed by atoms with Crippen molar-refractivity contribution < 1.29 is 9.16 Å². The predicted molar refractivity (Wildman–Crippen MR) is 134 cm³/mol. The Morgan fingerprint density at radius 1 is 1.00 bits per heavy atom. The van der Waals surface area contributed by atoms with Crippen LogP contribution >= 0.6 is 0 Å². The van der Waals surface area contributed by atoms with Gasteiger partial charge in [-0.3, -0.25) is 0 Å². The second-order valence-electron chi connectivity index (χ2n) is 13.6. The van der Waals surface area contributed by atoms with Crippen molar-refractivity contribution in [3.63, 3.8) is 0 Å². The quantitative estimate of drug-likeness (QED) is 0.323. The largest absolute Gasteiger partial charge is 0.414 e. The van der Waals surface area contributed by atoms with E-state index in [9.17, 15) is 0 Å². The molecule has 0 saturated heterocycles. The molecule has 3 heteroatoms. The third-order valence-corrected chi connectivity index (χ3v) is 15.9. The molecule has 2 nitrogen and oxygen atoms in total. The molecule has 0 spiro atoms. The van der Waals surface area contributed by atoms with E-state index in [0.29, 0.717) is 28.1 Å². The van der Waals surface area contributed by atoms with Crippen LogP contribution in [-0.4, -0.2) is 27.6 Å². The summed E-state index contributed by atoms with van der Waals surface area (Å²) >= 11 is 0. The molecule has 4 rings (SSSR count). The van der Waals surface area contributed by atoms with Gasteiger partial charge in [0.05, 0.1) is 6.10 Å². The smallest absolute Gasteiger partial charge is 0.192 e. The van der Waals surface area contributed by atoms with Gasteiger partial charge in [-0.25, -0.2) is 0 Å². The van der Waals surface area contributed by atoms with E-state index in [-0.39, 0.29) is 0 Å². The van der Waals surface area contributed by atoms with E-state index in [0.717, 1.165) is 23.7 Å². The van der Waals surface area contributed by atoms with Gasteiger partial charge in [0.1, 0.15) is 0 Å². The third-order valence-electron chi connectivity index (χ3n) is 11.4. The number of ether oxygens (including phenoxy) is 1. The molecule has 0 radical (unpaired) electrons. The Kier molecular flexibility index (Phi) is 6.18. The fourth-order valence-electron chi connectivity index (χ4n) is 8.43. The first kappa shape index (κ1) is 24.0. The Morgan fingerprint density at radius 2 is 1.71 bits per heavy atom. The summed E-state index contributed by atoms with van der Waals surface area (Å²) in [6, 6.07) is 0. The average molecular weight is 447 g/mol. The standard InChI is InChI=1S/C28H50O2Si/c1-10-19-11-12-22-25-23(14-16-27(19,22)5)28(6)15-13-21(17-20(28)18-24(25)29-7)30-31(8,9)26(2,3)4/h10,20-25H,11-18H2,1-9H3/b19-10-/t20-,21?,22+,23+,24+,25+,27-,28+/m1/s1. The zero-order valence-electron chi connectivity index (χ0n) is 22.0. The first-order valence-corrected chi connectivity index (χ1v) is 16.1. The maximum atomic E-state index is 6.95. The molecule has 0 heterocycles. The van der Waals surface area contributed by atoms with E-state index in [4.69, 9.17) is 9.16 Å². The van der Waals surface area contributed by atoms with Crippen LogP contribution in [0.3, 0.4) is 0 Å². The fraction of sp³-hybridized carbons (Fsp3) is 0.929. The Balaban J connectivity index is 1.57. The van der Waals surface area contributed by atoms with E-state index in [1.165, 1.54) is 51.4 Å². The molecule has 0 aliphatic heterocycles. The number of fused-ring (bicyclic) bond motifs is 5. The zero-order chi connectivity index (χ0) is 22.8. The van der Waals surface area contributed by atoms with Crippen LogP contribution in [0.2, 0.25) is 18.1 Å². The van der Waals surface area contributed by atoms with Crippen molar-refractivity contribution in [2.75, 3.05) is 7.11 Å². The SMILES string of the molecule is C/C=C1/CC[C@H]2[C@@H]3[C@@H](OC)C[C@H]4CC(O[Si](C)(C)C(C)(C)C)CC[C@]4(C)[C@H]3CC[C@]12C. The molecule has 0 N–H and O–H groups in total. The summed E-state index contributed by atoms with van der Waals surface area (Å²) in [6.07, 6.45) is 14.0. The minimum absolute atomic E-state index is 0.293. The van der Waals surface area contributed by atoms with Gasteiger partial charge in [-0.15, -0.1) is 0 Å². The van der Waals surface area contributed by atoms with Crippen LogP contribution < -0.4 is 0 Å². The van der Waals surface area contributed by atoms with Crippen molar-refractivity contribution in [1.29, 1.82) is 0 Å². The lowest BCUT2D eigenvalue weighted by molar-refractivity contribution is -0.172. The lowest BCUT2D eigenvalue weighted by atomic mass is 9.44. The normalized spacial score (nSPS) is 47.1. The van der Waals surface area contributed by atoms with Crippen LogP contribution in [0.15, 0.2) is 11.6 Å². The summed E-state index contributed by atoms with van der Waals surface area (Å²) in [4.78, 5) is 0. The first-order chi connectivity index (χ1) is 14.4. The molecule has 1 unspecified atom stereocenters. The molecule has 8 atom stereocenters. The van der Waals surface area contributed by atoms with Crippen molar-refractivity contribution >= 4 is 8.32 Å². The summed E-state index contributed by atoms with van der Waals surface area (Å²) in [5.74, 6) is 3.16. The zero-order valence-corrected chi connectivity index (χ0v) is 23.0. The molecule has 4 saturated carbocycles. The Labute approximate surface area is 194 Å². The summed E-state index contributed by atoms with van der Waals surface area (Å²) in [7, 11) is 0.284. The van der Waals surface area contributed by atoms with E-state index in [1.54, 1.807) is 5.57 Å². The maximum Gasteiger partial charge on any atom is 0.192 e. The molecular formula is C28H50O2Si. The molecule has 0 bridgehead atoms. The van der Waals surface area contributed by atoms with Gasteiger partial charge in [0.15, 0.2) is 8.32 Å². The van der Waals surface area contributed by atoms with Crippen molar-refractivity contribution in [3.05, 3.63) is 11.6 Å². The molecule has 0 aromatic carbocycles. The van der Waals surface area contributed by atoms with Crippen LogP contribution in [0, 0.1) is 34.5 Å². The first-order valence-electron chi connectivity index (χ1n) is 13.2. The highest BCUT2D eigenvalue weighted by Gasteiger charge is 2.62. The second kappa shape index (κ2) is 7.98. The van der Waals surface area contributed by atoms with Gasteiger partial charge in [0.25, 0.3) is 0 Å². The van der Waals surface area contributed by atoms with Gasteiger partial charge >= 0.3 is 0 Å². The van der Waals surface area contributed by atoms with Crippen LogP contribution in [0.5, 0.6) is 0 Å². The molecule has 31 heavy (non-hydrogen) atoms. The summed E-state index contributed by atoms with van der Waals surface area (Å²) in [6.45, 7) is 19.5. The maximum absolute atomic E-state index is 6.95. The van der Waals surface area contributed by atoms with Gasteiger partial charge in [-0.1, -0.05) is 46.3 Å².